The van der Waals surface area contributed by atoms with Crippen LogP contribution in [0.1, 0.15) is 54.9 Å². The Bertz CT molecular complexity index is 1520. The zero-order chi connectivity index (χ0) is 44.4. The van der Waals surface area contributed by atoms with Crippen LogP contribution >= 0.6 is 0 Å². The topological polar surface area (TPSA) is 198 Å². The molecule has 0 aliphatic carbocycles. The average molecular weight is 875 g/mol. The minimum Gasteiger partial charge on any atom is -0.469 e. The molecular formula is C42H70N2O15S. The zero-order valence-electron chi connectivity index (χ0n) is 36.5. The van der Waals surface area contributed by atoms with Crippen molar-refractivity contribution in [1.29, 1.82) is 0 Å². The van der Waals surface area contributed by atoms with Crippen LogP contribution in [0.4, 0.5) is 11.4 Å². The summed E-state index contributed by atoms with van der Waals surface area (Å²) in [6.07, 6.45) is 3.73. The molecule has 0 bridgehead atoms. The van der Waals surface area contributed by atoms with Crippen LogP contribution < -0.4 is 9.80 Å². The van der Waals surface area contributed by atoms with Crippen LogP contribution in [0, 0.1) is 0 Å². The van der Waals surface area contributed by atoms with E-state index in [0.29, 0.717) is 118 Å². The van der Waals surface area contributed by atoms with Crippen molar-refractivity contribution >= 4 is 33.4 Å². The van der Waals surface area contributed by atoms with Crippen LogP contribution in [0.3, 0.4) is 0 Å². The largest absolute Gasteiger partial charge is 0.469 e. The number of hydrogen-bond donors (Lipinski definition) is 2. The van der Waals surface area contributed by atoms with Gasteiger partial charge < -0.3 is 57.9 Å². The van der Waals surface area contributed by atoms with Gasteiger partial charge in [-0.05, 0) is 65.8 Å². The third-order valence-electron chi connectivity index (χ3n) is 8.71. The summed E-state index contributed by atoms with van der Waals surface area (Å²) in [5.41, 5.74) is 5.11. The van der Waals surface area contributed by atoms with Gasteiger partial charge in [-0.3, -0.25) is 13.8 Å². The normalized spacial score (nSPS) is 11.2. The number of aliphatic hydroxyl groups excluding tert-OH is 2. The van der Waals surface area contributed by atoms with E-state index in [1.54, 1.807) is 20.3 Å². The van der Waals surface area contributed by atoms with Crippen molar-refractivity contribution in [2.75, 3.05) is 137 Å². The molecule has 0 radical (unpaired) electrons. The van der Waals surface area contributed by atoms with E-state index in [1.165, 1.54) is 14.2 Å². The number of hydrogen-bond acceptors (Lipinski definition) is 17. The first-order valence-electron chi connectivity index (χ1n) is 20.2. The predicted molar refractivity (Wildman–Crippen MR) is 228 cm³/mol. The maximum atomic E-state index is 11.5. The van der Waals surface area contributed by atoms with E-state index in [-0.39, 0.29) is 31.8 Å². The highest BCUT2D eigenvalue weighted by molar-refractivity contribution is 7.85. The fourth-order valence-corrected chi connectivity index (χ4v) is 5.90. The van der Waals surface area contributed by atoms with Crippen LogP contribution in [-0.4, -0.2) is 158 Å². The molecule has 0 aliphatic rings. The summed E-state index contributed by atoms with van der Waals surface area (Å²) in [5.74, 6) is -0.497. The summed E-state index contributed by atoms with van der Waals surface area (Å²) in [7, 11) is 2.47. The Morgan fingerprint density at radius 2 is 0.933 bits per heavy atom. The monoisotopic (exact) mass is 874 g/mol. The van der Waals surface area contributed by atoms with Gasteiger partial charge in [-0.1, -0.05) is 19.1 Å². The smallest absolute Gasteiger partial charge is 0.305 e. The highest BCUT2D eigenvalue weighted by Gasteiger charge is 2.14. The molecular weight excluding hydrogens is 805 g/mol. The average Bonchev–Trinajstić information content (AvgIpc) is 3.25. The van der Waals surface area contributed by atoms with Gasteiger partial charge in [0.1, 0.15) is 0 Å². The summed E-state index contributed by atoms with van der Waals surface area (Å²) < 4.78 is 69.1. The van der Waals surface area contributed by atoms with Gasteiger partial charge in [-0.2, -0.15) is 8.42 Å². The third kappa shape index (κ3) is 26.7. The molecule has 0 saturated heterocycles. The van der Waals surface area contributed by atoms with E-state index in [0.717, 1.165) is 46.3 Å². The van der Waals surface area contributed by atoms with E-state index in [9.17, 15) is 28.2 Å². The Kier molecular flexibility index (Phi) is 31.1. The molecule has 0 aromatic heterocycles. The molecule has 2 aromatic carbocycles. The highest BCUT2D eigenvalue weighted by Crippen LogP contribution is 2.23. The van der Waals surface area contributed by atoms with E-state index in [2.05, 4.69) is 15.9 Å². The summed E-state index contributed by atoms with van der Waals surface area (Å²) in [5, 5.41) is 18.9. The Labute approximate surface area is 357 Å². The minimum atomic E-state index is -3.54. The number of methoxy groups -OCH3 is 4. The molecule has 0 fully saturated rings. The van der Waals surface area contributed by atoms with Gasteiger partial charge in [0.15, 0.2) is 0 Å². The Hall–Kier alpha value is -3.43. The summed E-state index contributed by atoms with van der Waals surface area (Å²) in [6, 6.07) is 11.4. The SMILES string of the molecule is CCc1cc(COS(C)(=O)=O)cc(N(CCCC(=O)OC)CCOCCOCCOC)c1.COCCOCCOCCN(CCCC(=O)OC)c1cc(CO)cc(CO)c1. The third-order valence-corrected chi connectivity index (χ3v) is 9.26. The molecule has 0 spiro atoms. The molecule has 0 atom stereocenters. The fourth-order valence-electron chi connectivity index (χ4n) is 5.55. The van der Waals surface area contributed by atoms with Crippen molar-refractivity contribution < 1.29 is 70.3 Å². The molecule has 2 rings (SSSR count). The number of carbonyl (C=O) groups is 2. The van der Waals surface area contributed by atoms with Crippen LogP contribution in [0.15, 0.2) is 36.4 Å². The lowest BCUT2D eigenvalue weighted by Gasteiger charge is -2.26. The Morgan fingerprint density at radius 3 is 1.32 bits per heavy atom. The summed E-state index contributed by atoms with van der Waals surface area (Å²) in [4.78, 5) is 27.1. The van der Waals surface area contributed by atoms with E-state index < -0.39 is 10.1 Å². The standard InChI is InChI=1S/C22H37NO8S.C20H33NO7/c1-5-19-15-20(18-31-32(4,25)26)17-21(16-19)23(8-6-7-22(24)28-3)9-10-29-13-14-30-12-11-27-2;1-25-8-9-28-11-10-27-7-6-21(5-3-4-20(24)26-2)19-13-17(15-22)12-18(14-19)16-23/h15-17H,5-14,18H2,1-4H3;12-14,22-23H,3-11,15-16H2,1-2H3. The van der Waals surface area contributed by atoms with Crippen LogP contribution in [0.2, 0.25) is 0 Å². The summed E-state index contributed by atoms with van der Waals surface area (Å²) in [6.45, 7) is 9.38. The molecule has 344 valence electrons. The summed E-state index contributed by atoms with van der Waals surface area (Å²) >= 11 is 0. The van der Waals surface area contributed by atoms with Crippen molar-refractivity contribution in [2.45, 2.75) is 58.8 Å². The van der Waals surface area contributed by atoms with Crippen LogP contribution in [0.25, 0.3) is 0 Å². The molecule has 0 amide bonds. The second-order valence-electron chi connectivity index (χ2n) is 13.4. The maximum Gasteiger partial charge on any atom is 0.305 e. The second-order valence-corrected chi connectivity index (χ2v) is 15.1. The first-order chi connectivity index (χ1) is 28.9. The predicted octanol–water partition coefficient (Wildman–Crippen LogP) is 3.27. The lowest BCUT2D eigenvalue weighted by molar-refractivity contribution is -0.141. The molecule has 2 N–H and O–H groups in total. The number of ether oxygens (including phenoxy) is 8. The van der Waals surface area contributed by atoms with Gasteiger partial charge in [0, 0.05) is 64.6 Å². The number of esters is 2. The van der Waals surface area contributed by atoms with E-state index in [4.69, 9.17) is 42.1 Å². The maximum absolute atomic E-state index is 11.5. The first kappa shape index (κ1) is 54.6. The minimum absolute atomic E-state index is 0.0228. The van der Waals surface area contributed by atoms with E-state index in [1.807, 2.05) is 31.2 Å². The molecule has 18 heteroatoms. The van der Waals surface area contributed by atoms with Gasteiger partial charge in [0.05, 0.1) is 106 Å². The molecule has 60 heavy (non-hydrogen) atoms. The number of anilines is 2. The molecule has 2 aromatic rings. The lowest BCUT2D eigenvalue weighted by atomic mass is 10.1. The first-order valence-corrected chi connectivity index (χ1v) is 22.0. The van der Waals surface area contributed by atoms with Gasteiger partial charge in [0.2, 0.25) is 0 Å². The molecule has 0 unspecified atom stereocenters. The van der Waals surface area contributed by atoms with Crippen molar-refractivity contribution in [3.63, 3.8) is 0 Å². The van der Waals surface area contributed by atoms with E-state index >= 15 is 0 Å². The molecule has 0 saturated carbocycles. The van der Waals surface area contributed by atoms with Gasteiger partial charge in [-0.25, -0.2) is 0 Å². The van der Waals surface area contributed by atoms with Gasteiger partial charge in [-0.15, -0.1) is 0 Å². The van der Waals surface area contributed by atoms with Gasteiger partial charge >= 0.3 is 11.9 Å². The number of rotatable bonds is 34. The number of carbonyl (C=O) groups excluding carboxylic acids is 2. The highest BCUT2D eigenvalue weighted by atomic mass is 32.2. The van der Waals surface area contributed by atoms with Crippen LogP contribution in [0.5, 0.6) is 0 Å². The van der Waals surface area contributed by atoms with Crippen molar-refractivity contribution in [3.05, 3.63) is 58.7 Å². The second kappa shape index (κ2) is 34.2. The van der Waals surface area contributed by atoms with Gasteiger partial charge in [0.25, 0.3) is 10.1 Å². The quantitative estimate of drug-likeness (QED) is 0.0590. The number of benzene rings is 2. The number of aryl methyl sites for hydroxylation is 1. The molecule has 0 heterocycles. The zero-order valence-corrected chi connectivity index (χ0v) is 37.3. The van der Waals surface area contributed by atoms with Crippen LogP contribution in [-0.2, 0) is 88.0 Å². The van der Waals surface area contributed by atoms with Crippen molar-refractivity contribution in [1.82, 2.24) is 0 Å². The number of nitrogens with zero attached hydrogens (tertiary/aromatic N) is 2. The molecule has 0 aliphatic heterocycles. The number of aliphatic hydroxyl groups is 2. The lowest BCUT2D eigenvalue weighted by Crippen LogP contribution is -2.29. The fraction of sp³-hybridized carbons (Fsp3) is 0.667. The molecule has 17 nitrogen and oxygen atoms in total. The van der Waals surface area contributed by atoms with Crippen molar-refractivity contribution in [2.24, 2.45) is 0 Å². The van der Waals surface area contributed by atoms with Crippen molar-refractivity contribution in [3.8, 4) is 0 Å². The Morgan fingerprint density at radius 1 is 0.550 bits per heavy atom. The Balaban J connectivity index is 0.000000605.